The Balaban J connectivity index is 0.000000168. The van der Waals surface area contributed by atoms with Gasteiger partial charge in [0, 0.05) is 18.7 Å². The number of hydrogen-bond acceptors (Lipinski definition) is 7. The van der Waals surface area contributed by atoms with Crippen molar-refractivity contribution in [3.05, 3.63) is 30.4 Å². The Morgan fingerprint density at radius 3 is 2.87 bits per heavy atom. The van der Waals surface area contributed by atoms with Crippen LogP contribution in [0.2, 0.25) is 0 Å². The second kappa shape index (κ2) is 7.47. The van der Waals surface area contributed by atoms with Crippen LogP contribution in [0.4, 0.5) is 0 Å². The number of aliphatic carboxylic acids is 2. The Hall–Kier alpha value is -2.79. The van der Waals surface area contributed by atoms with E-state index in [0.717, 1.165) is 11.4 Å². The van der Waals surface area contributed by atoms with E-state index in [1.54, 1.807) is 6.33 Å². The Morgan fingerprint density at radius 1 is 1.48 bits per heavy atom. The number of nitrogens with two attached hydrogens (primary N) is 1. The maximum absolute atomic E-state index is 10.6. The number of nitrogens with one attached hydrogen (secondary N) is 2. The molecule has 3 rings (SSSR count). The summed E-state index contributed by atoms with van der Waals surface area (Å²) in [7, 11) is 0. The van der Waals surface area contributed by atoms with Gasteiger partial charge in [-0.25, -0.2) is 9.97 Å². The summed E-state index contributed by atoms with van der Waals surface area (Å²) in [6, 6.07) is -1.39. The van der Waals surface area contributed by atoms with Gasteiger partial charge in [0.15, 0.2) is 0 Å². The molecule has 0 aliphatic carbocycles. The lowest BCUT2D eigenvalue weighted by molar-refractivity contribution is -0.140. The minimum atomic E-state index is -1.04. The third-order valence-corrected chi connectivity index (χ3v) is 3.20. The van der Waals surface area contributed by atoms with Gasteiger partial charge in [-0.3, -0.25) is 19.6 Å². The van der Waals surface area contributed by atoms with E-state index in [1.807, 2.05) is 0 Å². The lowest BCUT2D eigenvalue weighted by Crippen LogP contribution is -2.41. The molecule has 23 heavy (non-hydrogen) atoms. The molecule has 2 aromatic rings. The van der Waals surface area contributed by atoms with Crippen molar-refractivity contribution in [2.45, 2.75) is 31.6 Å². The van der Waals surface area contributed by atoms with Gasteiger partial charge in [0.1, 0.15) is 24.7 Å². The van der Waals surface area contributed by atoms with E-state index in [-0.39, 0.29) is 6.54 Å². The maximum atomic E-state index is 10.6. The molecule has 0 bridgehead atoms. The van der Waals surface area contributed by atoms with Gasteiger partial charge in [-0.05, 0) is 0 Å². The van der Waals surface area contributed by atoms with Crippen LogP contribution in [0.25, 0.3) is 0 Å². The molecule has 2 atom stereocenters. The van der Waals surface area contributed by atoms with E-state index in [0.29, 0.717) is 13.0 Å². The molecule has 0 aromatic carbocycles. The van der Waals surface area contributed by atoms with Gasteiger partial charge in [0.25, 0.3) is 0 Å². The molecule has 0 radical (unpaired) electrons. The minimum Gasteiger partial charge on any atom is -0.480 e. The summed E-state index contributed by atoms with van der Waals surface area (Å²) < 4.78 is 1.37. The van der Waals surface area contributed by atoms with Gasteiger partial charge in [-0.15, -0.1) is 0 Å². The lowest BCUT2D eigenvalue weighted by atomic mass is 10.1. The number of aromatic nitrogens is 5. The average Bonchev–Trinajstić information content (AvgIpc) is 3.17. The number of carboxylic acids is 2. The zero-order valence-corrected chi connectivity index (χ0v) is 12.1. The summed E-state index contributed by atoms with van der Waals surface area (Å²) in [5.41, 5.74) is 7.07. The van der Waals surface area contributed by atoms with Crippen molar-refractivity contribution in [3.63, 3.8) is 0 Å². The van der Waals surface area contributed by atoms with Crippen molar-refractivity contribution >= 4 is 11.9 Å². The number of carboxylic acid groups (broad SMARTS) is 2. The minimum absolute atomic E-state index is 0.148. The molecule has 1 unspecified atom stereocenters. The highest BCUT2D eigenvalue weighted by Gasteiger charge is 2.24. The monoisotopic (exact) mass is 323 g/mol. The van der Waals surface area contributed by atoms with Crippen molar-refractivity contribution in [2.75, 3.05) is 0 Å². The number of H-pyrrole nitrogens is 1. The number of hydrogen-bond donors (Lipinski definition) is 5. The highest BCUT2D eigenvalue weighted by Crippen LogP contribution is 2.11. The van der Waals surface area contributed by atoms with Crippen LogP contribution in [0, 0.1) is 0 Å². The third kappa shape index (κ3) is 4.59. The number of rotatable bonds is 4. The van der Waals surface area contributed by atoms with E-state index < -0.39 is 24.0 Å². The molecule has 0 amide bonds. The number of carbonyl (C=O) groups is 2. The van der Waals surface area contributed by atoms with E-state index in [4.69, 9.17) is 15.9 Å². The van der Waals surface area contributed by atoms with Crippen LogP contribution >= 0.6 is 0 Å². The summed E-state index contributed by atoms with van der Waals surface area (Å²) in [5, 5.41) is 23.7. The topological polar surface area (TPSA) is 172 Å². The molecule has 124 valence electrons. The van der Waals surface area contributed by atoms with E-state index in [2.05, 4.69) is 25.4 Å². The van der Waals surface area contributed by atoms with Gasteiger partial charge in [-0.1, -0.05) is 0 Å². The summed E-state index contributed by atoms with van der Waals surface area (Å²) in [6.45, 7) is 0.686. The van der Waals surface area contributed by atoms with Crippen LogP contribution < -0.4 is 11.1 Å². The van der Waals surface area contributed by atoms with Crippen molar-refractivity contribution < 1.29 is 19.8 Å². The zero-order chi connectivity index (χ0) is 16.8. The molecule has 1 aliphatic rings. The van der Waals surface area contributed by atoms with Crippen LogP contribution in [0.15, 0.2) is 19.0 Å². The predicted octanol–water partition coefficient (Wildman–Crippen LogP) is -1.80. The number of nitrogens with zero attached hydrogens (tertiary/aromatic N) is 4. The molecule has 6 N–H and O–H groups in total. The normalized spacial score (nSPS) is 17.5. The molecule has 1 aliphatic heterocycles. The Bertz CT molecular complexity index is 654. The molecule has 0 saturated carbocycles. The van der Waals surface area contributed by atoms with Crippen LogP contribution in [0.1, 0.15) is 11.4 Å². The van der Waals surface area contributed by atoms with Crippen LogP contribution in [-0.2, 0) is 29.1 Å². The van der Waals surface area contributed by atoms with Crippen molar-refractivity contribution in [1.29, 1.82) is 0 Å². The van der Waals surface area contributed by atoms with Crippen molar-refractivity contribution in [3.8, 4) is 0 Å². The smallest absolute Gasteiger partial charge is 0.322 e. The van der Waals surface area contributed by atoms with Gasteiger partial charge < -0.3 is 20.9 Å². The SMILES string of the molecule is N[C@@H](Cn1cncn1)C(=O)O.O=C(O)C1Cc2[nH]cnc2CN1. The number of imidazole rings is 1. The quantitative estimate of drug-likeness (QED) is 0.435. The van der Waals surface area contributed by atoms with E-state index in [1.165, 1.54) is 17.3 Å². The van der Waals surface area contributed by atoms with Crippen LogP contribution in [0.5, 0.6) is 0 Å². The zero-order valence-electron chi connectivity index (χ0n) is 12.1. The first-order valence-corrected chi connectivity index (χ1v) is 6.75. The fourth-order valence-electron chi connectivity index (χ4n) is 1.96. The molecule has 11 heteroatoms. The average molecular weight is 323 g/mol. The molecule has 0 spiro atoms. The number of aromatic amines is 1. The Kier molecular flexibility index (Phi) is 5.38. The second-order valence-corrected chi connectivity index (χ2v) is 4.87. The molecule has 0 fully saturated rings. The fourth-order valence-corrected chi connectivity index (χ4v) is 1.96. The van der Waals surface area contributed by atoms with Crippen molar-refractivity contribution in [2.24, 2.45) is 5.73 Å². The molecule has 11 nitrogen and oxygen atoms in total. The lowest BCUT2D eigenvalue weighted by Gasteiger charge is -2.18. The first-order valence-electron chi connectivity index (χ1n) is 6.75. The van der Waals surface area contributed by atoms with E-state index in [9.17, 15) is 9.59 Å². The molecular formula is C12H17N7O4. The van der Waals surface area contributed by atoms with Crippen LogP contribution in [-0.4, -0.2) is 59.0 Å². The van der Waals surface area contributed by atoms with Gasteiger partial charge >= 0.3 is 11.9 Å². The Morgan fingerprint density at radius 2 is 2.26 bits per heavy atom. The van der Waals surface area contributed by atoms with Crippen LogP contribution in [0.3, 0.4) is 0 Å². The maximum Gasteiger partial charge on any atom is 0.322 e. The molecular weight excluding hydrogens is 306 g/mol. The fraction of sp³-hybridized carbons (Fsp3) is 0.417. The van der Waals surface area contributed by atoms with E-state index >= 15 is 0 Å². The Labute approximate surface area is 130 Å². The summed E-state index contributed by atoms with van der Waals surface area (Å²) in [6.07, 6.45) is 4.83. The van der Waals surface area contributed by atoms with Gasteiger partial charge in [0.05, 0.1) is 18.6 Å². The second-order valence-electron chi connectivity index (χ2n) is 4.87. The van der Waals surface area contributed by atoms with Gasteiger partial charge in [0.2, 0.25) is 0 Å². The molecule has 0 saturated heterocycles. The molecule has 3 heterocycles. The molecule has 2 aromatic heterocycles. The largest absolute Gasteiger partial charge is 0.480 e. The highest BCUT2D eigenvalue weighted by molar-refractivity contribution is 5.74. The number of fused-ring (bicyclic) bond motifs is 1. The summed E-state index contributed by atoms with van der Waals surface area (Å²) in [5.74, 6) is -1.85. The first kappa shape index (κ1) is 16.6. The van der Waals surface area contributed by atoms with Crippen molar-refractivity contribution in [1.82, 2.24) is 30.0 Å². The highest BCUT2D eigenvalue weighted by atomic mass is 16.4. The predicted molar refractivity (Wildman–Crippen MR) is 76.2 cm³/mol. The van der Waals surface area contributed by atoms with Gasteiger partial charge in [-0.2, -0.15) is 5.10 Å². The third-order valence-electron chi connectivity index (χ3n) is 3.20. The summed E-state index contributed by atoms with van der Waals surface area (Å²) >= 11 is 0. The summed E-state index contributed by atoms with van der Waals surface area (Å²) in [4.78, 5) is 31.4. The first-order chi connectivity index (χ1) is 11.0. The standard InChI is InChI=1S/C7H9N3O2.C5H8N4O2/c11-7(12)5-1-4-6(2-8-5)10-3-9-4;6-4(5(10)11)1-9-3-7-2-8-9/h3,5,8H,1-2H2,(H,9,10)(H,11,12);2-4H,1,6H2,(H,10,11)/t;4-/m.0/s1.